The minimum absolute atomic E-state index is 0.107. The average molecular weight is 498 g/mol. The Balaban J connectivity index is 1.86. The van der Waals surface area contributed by atoms with Crippen molar-refractivity contribution in [3.8, 4) is 0 Å². The lowest BCUT2D eigenvalue weighted by Crippen LogP contribution is -2.27. The first-order valence-electron chi connectivity index (χ1n) is 6.01. The van der Waals surface area contributed by atoms with Crippen molar-refractivity contribution in [2.45, 2.75) is 4.90 Å². The molecule has 8 heteroatoms. The van der Waals surface area contributed by atoms with Crippen molar-refractivity contribution in [1.82, 2.24) is 14.9 Å². The minimum atomic E-state index is -0.107. The summed E-state index contributed by atoms with van der Waals surface area (Å²) in [4.78, 5) is 17.0. The van der Waals surface area contributed by atoms with Crippen molar-refractivity contribution in [3.63, 3.8) is 0 Å². The summed E-state index contributed by atoms with van der Waals surface area (Å²) in [5, 5.41) is 2.89. The first kappa shape index (κ1) is 17.1. The highest BCUT2D eigenvalue weighted by atomic mass is 79.9. The molecule has 0 aliphatic heterocycles. The number of imidazole rings is 1. The Bertz CT molecular complexity index is 637. The van der Waals surface area contributed by atoms with Gasteiger partial charge in [-0.25, -0.2) is 4.98 Å². The molecule has 0 atom stereocenters. The second-order valence-electron chi connectivity index (χ2n) is 4.19. The first-order chi connectivity index (χ1) is 9.99. The molecule has 1 heterocycles. The van der Waals surface area contributed by atoms with Crippen LogP contribution < -0.4 is 5.32 Å². The number of nitrogens with zero attached hydrogens (tertiary/aromatic N) is 2. The number of amides is 1. The molecule has 0 fully saturated rings. The van der Waals surface area contributed by atoms with Gasteiger partial charge in [-0.2, -0.15) is 0 Å². The molecule has 1 N–H and O–H groups in total. The highest BCUT2D eigenvalue weighted by molar-refractivity contribution is 9.11. The predicted octanol–water partition coefficient (Wildman–Crippen LogP) is 4.23. The summed E-state index contributed by atoms with van der Waals surface area (Å²) >= 11 is 12.2. The molecule has 0 unspecified atom stereocenters. The molecule has 2 rings (SSSR count). The summed E-state index contributed by atoms with van der Waals surface area (Å²) < 4.78 is 4.75. The van der Waals surface area contributed by atoms with Gasteiger partial charge in [0.05, 0.1) is 12.5 Å². The van der Waals surface area contributed by atoms with Gasteiger partial charge in [-0.3, -0.25) is 4.79 Å². The fourth-order valence-electron chi connectivity index (χ4n) is 1.65. The van der Waals surface area contributed by atoms with E-state index in [1.54, 1.807) is 35.9 Å². The van der Waals surface area contributed by atoms with E-state index in [9.17, 15) is 4.79 Å². The van der Waals surface area contributed by atoms with Crippen LogP contribution in [0.25, 0.3) is 0 Å². The molecule has 21 heavy (non-hydrogen) atoms. The van der Waals surface area contributed by atoms with Crippen LogP contribution in [0.15, 0.2) is 43.0 Å². The molecular weight excluding hydrogens is 486 g/mol. The largest absolute Gasteiger partial charge is 0.350 e. The summed E-state index contributed by atoms with van der Waals surface area (Å²) in [6, 6.07) is 4.00. The number of hydrogen-bond acceptors (Lipinski definition) is 3. The topological polar surface area (TPSA) is 46.9 Å². The van der Waals surface area contributed by atoms with Crippen molar-refractivity contribution in [2.75, 3.05) is 12.3 Å². The molecule has 1 amide bonds. The van der Waals surface area contributed by atoms with Gasteiger partial charge in [0, 0.05) is 37.7 Å². The number of hydrogen-bond donors (Lipinski definition) is 1. The molecule has 0 radical (unpaired) electrons. The Labute approximate surface area is 152 Å². The Morgan fingerprint density at radius 2 is 2.00 bits per heavy atom. The number of halogens is 3. The van der Waals surface area contributed by atoms with Gasteiger partial charge < -0.3 is 9.88 Å². The van der Waals surface area contributed by atoms with E-state index in [4.69, 9.17) is 0 Å². The molecule has 1 aromatic heterocycles. The molecule has 2 aromatic rings. The van der Waals surface area contributed by atoms with Crippen LogP contribution in [0.1, 0.15) is 10.5 Å². The van der Waals surface area contributed by atoms with E-state index >= 15 is 0 Å². The predicted molar refractivity (Wildman–Crippen MR) is 95.8 cm³/mol. The zero-order valence-electron chi connectivity index (χ0n) is 11.1. The molecule has 4 nitrogen and oxygen atoms in total. The van der Waals surface area contributed by atoms with E-state index in [0.29, 0.717) is 12.2 Å². The van der Waals surface area contributed by atoms with E-state index in [1.165, 1.54) is 0 Å². The van der Waals surface area contributed by atoms with Crippen molar-refractivity contribution in [3.05, 3.63) is 43.8 Å². The van der Waals surface area contributed by atoms with Crippen molar-refractivity contribution < 1.29 is 4.79 Å². The Morgan fingerprint density at radius 3 is 2.57 bits per heavy atom. The van der Waals surface area contributed by atoms with Crippen LogP contribution in [0.2, 0.25) is 0 Å². The van der Waals surface area contributed by atoms with E-state index < -0.39 is 0 Å². The van der Waals surface area contributed by atoms with Gasteiger partial charge in [0.15, 0.2) is 0 Å². The quantitative estimate of drug-likeness (QED) is 0.497. The van der Waals surface area contributed by atoms with Crippen LogP contribution in [-0.2, 0) is 7.05 Å². The summed E-state index contributed by atoms with van der Waals surface area (Å²) in [5.74, 6) is 0.673. The van der Waals surface area contributed by atoms with Gasteiger partial charge in [0.25, 0.3) is 5.91 Å². The van der Waals surface area contributed by atoms with Crippen LogP contribution in [0.5, 0.6) is 0 Å². The lowest BCUT2D eigenvalue weighted by Gasteiger charge is -2.09. The van der Waals surface area contributed by atoms with E-state index in [-0.39, 0.29) is 5.91 Å². The van der Waals surface area contributed by atoms with Crippen LogP contribution >= 0.6 is 59.6 Å². The van der Waals surface area contributed by atoms with E-state index in [0.717, 1.165) is 24.1 Å². The Hall–Kier alpha value is -0.310. The summed E-state index contributed by atoms with van der Waals surface area (Å²) in [7, 11) is 1.80. The Morgan fingerprint density at radius 1 is 1.33 bits per heavy atom. The number of nitrogens with one attached hydrogen (secondary N) is 1. The second-order valence-corrected chi connectivity index (χ2v) is 7.92. The lowest BCUT2D eigenvalue weighted by atomic mass is 10.4. The molecule has 1 aromatic carbocycles. The van der Waals surface area contributed by atoms with Gasteiger partial charge in [-0.15, -0.1) is 11.8 Å². The number of thioether (sulfide) groups is 1. The van der Waals surface area contributed by atoms with Crippen molar-refractivity contribution in [1.29, 1.82) is 0 Å². The normalized spacial score (nSPS) is 10.7. The van der Waals surface area contributed by atoms with Gasteiger partial charge >= 0.3 is 0 Å². The van der Waals surface area contributed by atoms with Crippen molar-refractivity contribution >= 4 is 65.5 Å². The maximum absolute atomic E-state index is 11.9. The summed E-state index contributed by atoms with van der Waals surface area (Å²) in [6.07, 6.45) is 3.17. The smallest absolute Gasteiger partial charge is 0.269 e. The standard InChI is InChI=1S/C13H12Br3N3OS/c1-19-7-17-6-11(19)13(20)18-2-3-21-12-9(15)4-8(14)5-10(12)16/h4-7H,2-3H2,1H3,(H,18,20). The van der Waals surface area contributed by atoms with Crippen LogP contribution in [0, 0.1) is 0 Å². The number of carbonyl (C=O) groups excluding carboxylic acids is 1. The van der Waals surface area contributed by atoms with Gasteiger partial charge in [-0.1, -0.05) is 15.9 Å². The number of aryl methyl sites for hydroxylation is 1. The lowest BCUT2D eigenvalue weighted by molar-refractivity contribution is 0.0948. The number of benzene rings is 1. The zero-order chi connectivity index (χ0) is 15.4. The third kappa shape index (κ3) is 4.58. The van der Waals surface area contributed by atoms with Gasteiger partial charge in [0.1, 0.15) is 5.69 Å². The van der Waals surface area contributed by atoms with Crippen LogP contribution in [0.3, 0.4) is 0 Å². The minimum Gasteiger partial charge on any atom is -0.350 e. The molecule has 0 saturated heterocycles. The number of rotatable bonds is 5. The van der Waals surface area contributed by atoms with Gasteiger partial charge in [0.2, 0.25) is 0 Å². The zero-order valence-corrected chi connectivity index (χ0v) is 16.6. The fourth-order valence-corrected chi connectivity index (χ4v) is 5.40. The monoisotopic (exact) mass is 495 g/mol. The molecule has 112 valence electrons. The van der Waals surface area contributed by atoms with Crippen LogP contribution in [-0.4, -0.2) is 27.8 Å². The molecule has 0 saturated carbocycles. The SMILES string of the molecule is Cn1cncc1C(=O)NCCSc1c(Br)cc(Br)cc1Br. The molecular formula is C13H12Br3N3OS. The highest BCUT2D eigenvalue weighted by Crippen LogP contribution is 2.36. The third-order valence-electron chi connectivity index (χ3n) is 2.65. The van der Waals surface area contributed by atoms with E-state index in [2.05, 4.69) is 58.1 Å². The fraction of sp³-hybridized carbons (Fsp3) is 0.231. The average Bonchev–Trinajstić information content (AvgIpc) is 2.82. The van der Waals surface area contributed by atoms with Crippen molar-refractivity contribution in [2.24, 2.45) is 7.05 Å². The third-order valence-corrected chi connectivity index (χ3v) is 6.02. The number of carbonyl (C=O) groups is 1. The molecule has 0 aliphatic rings. The maximum Gasteiger partial charge on any atom is 0.269 e. The molecule has 0 aliphatic carbocycles. The second kappa shape index (κ2) is 7.80. The number of aromatic nitrogens is 2. The molecule has 0 spiro atoms. The van der Waals surface area contributed by atoms with Crippen LogP contribution in [0.4, 0.5) is 0 Å². The highest BCUT2D eigenvalue weighted by Gasteiger charge is 2.10. The Kier molecular flexibility index (Phi) is 6.34. The maximum atomic E-state index is 11.9. The van der Waals surface area contributed by atoms with E-state index in [1.807, 2.05) is 12.1 Å². The van der Waals surface area contributed by atoms with Gasteiger partial charge in [-0.05, 0) is 44.0 Å². The summed E-state index contributed by atoms with van der Waals surface area (Å²) in [6.45, 7) is 0.587. The summed E-state index contributed by atoms with van der Waals surface area (Å²) in [5.41, 5.74) is 0.561. The molecule has 0 bridgehead atoms. The first-order valence-corrected chi connectivity index (χ1v) is 9.37.